The third-order valence-corrected chi connectivity index (χ3v) is 6.24. The number of rotatable bonds is 1. The van der Waals surface area contributed by atoms with E-state index in [-0.39, 0.29) is 11.8 Å². The van der Waals surface area contributed by atoms with Crippen molar-refractivity contribution in [1.82, 2.24) is 0 Å². The van der Waals surface area contributed by atoms with Crippen molar-refractivity contribution < 1.29 is 9.67 Å². The normalized spacial score (nSPS) is 41.0. The van der Waals surface area contributed by atoms with Gasteiger partial charge in [0, 0.05) is 18.0 Å². The fourth-order valence-corrected chi connectivity index (χ4v) is 4.13. The van der Waals surface area contributed by atoms with Crippen molar-refractivity contribution in [1.29, 1.82) is 0 Å². The van der Waals surface area contributed by atoms with Gasteiger partial charge in [-0.15, -0.1) is 0 Å². The molecule has 1 N–H and O–H groups in total. The summed E-state index contributed by atoms with van der Waals surface area (Å²) in [6.45, 7) is 3.97. The molecule has 1 heterocycles. The molecule has 2 nitrogen and oxygen atoms in total. The van der Waals surface area contributed by atoms with Gasteiger partial charge in [0.2, 0.25) is 0 Å². The molecule has 3 heteroatoms. The summed E-state index contributed by atoms with van der Waals surface area (Å²) < 4.78 is 11.8. The first-order chi connectivity index (χ1) is 4.54. The smallest absolute Gasteiger partial charge is 0.0927 e. The van der Waals surface area contributed by atoms with Crippen molar-refractivity contribution in [3.8, 4) is 0 Å². The highest BCUT2D eigenvalue weighted by atomic mass is 31.2. The standard InChI is InChI=1S/C7H15O2P/c1-6(2)10(9)4-3-7(8)5-10/h6-8H,3-5H2,1-2H3. The van der Waals surface area contributed by atoms with Crippen LogP contribution in [0.5, 0.6) is 0 Å². The first-order valence-electron chi connectivity index (χ1n) is 3.80. The average molecular weight is 162 g/mol. The van der Waals surface area contributed by atoms with Gasteiger partial charge in [-0.05, 0) is 6.42 Å². The summed E-state index contributed by atoms with van der Waals surface area (Å²) in [4.78, 5) is 0. The van der Waals surface area contributed by atoms with Gasteiger partial charge in [0.25, 0.3) is 0 Å². The summed E-state index contributed by atoms with van der Waals surface area (Å²) in [7, 11) is -1.95. The van der Waals surface area contributed by atoms with Gasteiger partial charge in [0.1, 0.15) is 0 Å². The maximum absolute atomic E-state index is 11.8. The summed E-state index contributed by atoms with van der Waals surface area (Å²) in [5.74, 6) is 0. The molecule has 1 rings (SSSR count). The molecule has 1 fully saturated rings. The van der Waals surface area contributed by atoms with Crippen LogP contribution in [-0.4, -0.2) is 29.2 Å². The van der Waals surface area contributed by atoms with Crippen molar-refractivity contribution in [2.75, 3.05) is 12.3 Å². The van der Waals surface area contributed by atoms with Crippen molar-refractivity contribution in [3.63, 3.8) is 0 Å². The van der Waals surface area contributed by atoms with Gasteiger partial charge in [-0.25, -0.2) is 0 Å². The van der Waals surface area contributed by atoms with E-state index in [1.54, 1.807) is 0 Å². The first-order valence-corrected chi connectivity index (χ1v) is 5.95. The van der Waals surface area contributed by atoms with Crippen LogP contribution in [0.25, 0.3) is 0 Å². The Morgan fingerprint density at radius 1 is 1.60 bits per heavy atom. The Labute approximate surface area is 62.0 Å². The summed E-state index contributed by atoms with van der Waals surface area (Å²) in [6.07, 6.45) is 1.78. The van der Waals surface area contributed by atoms with Gasteiger partial charge in [-0.2, -0.15) is 0 Å². The minimum Gasteiger partial charge on any atom is -0.393 e. The van der Waals surface area contributed by atoms with E-state index in [0.717, 1.165) is 12.6 Å². The second-order valence-corrected chi connectivity index (χ2v) is 7.14. The van der Waals surface area contributed by atoms with Crippen molar-refractivity contribution in [3.05, 3.63) is 0 Å². The Bertz CT molecular complexity index is 165. The average Bonchev–Trinajstić information content (AvgIpc) is 2.13. The summed E-state index contributed by atoms with van der Waals surface area (Å²) in [6, 6.07) is 0. The third-order valence-electron chi connectivity index (χ3n) is 2.30. The molecule has 0 spiro atoms. The zero-order valence-corrected chi connectivity index (χ0v) is 7.47. The Balaban J connectivity index is 2.64. The molecule has 1 saturated heterocycles. The molecule has 0 bridgehead atoms. The number of hydrogen-bond acceptors (Lipinski definition) is 2. The molecule has 2 unspecified atom stereocenters. The lowest BCUT2D eigenvalue weighted by molar-refractivity contribution is 0.202. The fourth-order valence-electron chi connectivity index (χ4n) is 1.38. The minimum absolute atomic E-state index is 0.268. The Morgan fingerprint density at radius 2 is 2.20 bits per heavy atom. The topological polar surface area (TPSA) is 37.3 Å². The van der Waals surface area contributed by atoms with Crippen LogP contribution in [0.15, 0.2) is 0 Å². The van der Waals surface area contributed by atoms with Gasteiger partial charge >= 0.3 is 0 Å². The predicted molar refractivity (Wildman–Crippen MR) is 43.1 cm³/mol. The van der Waals surface area contributed by atoms with Crippen molar-refractivity contribution in [2.45, 2.75) is 32.0 Å². The van der Waals surface area contributed by atoms with E-state index >= 15 is 0 Å². The van der Waals surface area contributed by atoms with Crippen molar-refractivity contribution >= 4 is 7.14 Å². The monoisotopic (exact) mass is 162 g/mol. The van der Waals surface area contributed by atoms with E-state index in [9.17, 15) is 4.57 Å². The van der Waals surface area contributed by atoms with Crippen LogP contribution in [0, 0.1) is 0 Å². The largest absolute Gasteiger partial charge is 0.393 e. The van der Waals surface area contributed by atoms with Crippen LogP contribution in [0.4, 0.5) is 0 Å². The minimum atomic E-state index is -1.95. The molecule has 0 aromatic rings. The SMILES string of the molecule is CC(C)P1(=O)CCC(O)C1. The fraction of sp³-hybridized carbons (Fsp3) is 1.00. The molecule has 2 atom stereocenters. The Morgan fingerprint density at radius 3 is 2.40 bits per heavy atom. The summed E-state index contributed by atoms with van der Waals surface area (Å²) >= 11 is 0. The quantitative estimate of drug-likeness (QED) is 0.593. The van der Waals surface area contributed by atoms with Gasteiger partial charge < -0.3 is 9.67 Å². The van der Waals surface area contributed by atoms with Crippen LogP contribution in [0.3, 0.4) is 0 Å². The van der Waals surface area contributed by atoms with Crippen LogP contribution in [0.1, 0.15) is 20.3 Å². The molecule has 0 radical (unpaired) electrons. The molecule has 0 saturated carbocycles. The van der Waals surface area contributed by atoms with E-state index in [1.807, 2.05) is 13.8 Å². The van der Waals surface area contributed by atoms with Crippen molar-refractivity contribution in [2.24, 2.45) is 0 Å². The van der Waals surface area contributed by atoms with Crippen LogP contribution in [-0.2, 0) is 4.57 Å². The van der Waals surface area contributed by atoms with Crippen LogP contribution < -0.4 is 0 Å². The molecule has 1 aliphatic heterocycles. The van der Waals surface area contributed by atoms with Gasteiger partial charge in [0.05, 0.1) is 13.2 Å². The summed E-state index contributed by atoms with van der Waals surface area (Å²) in [5, 5.41) is 9.14. The molecular weight excluding hydrogens is 147 g/mol. The van der Waals surface area contributed by atoms with E-state index in [0.29, 0.717) is 6.16 Å². The van der Waals surface area contributed by atoms with E-state index in [1.165, 1.54) is 0 Å². The molecule has 1 aliphatic rings. The lowest BCUT2D eigenvalue weighted by Crippen LogP contribution is -2.05. The second-order valence-electron chi connectivity index (χ2n) is 3.39. The molecule has 0 amide bonds. The van der Waals surface area contributed by atoms with Gasteiger partial charge in [-0.3, -0.25) is 0 Å². The highest BCUT2D eigenvalue weighted by molar-refractivity contribution is 7.65. The highest BCUT2D eigenvalue weighted by Crippen LogP contribution is 2.55. The van der Waals surface area contributed by atoms with Gasteiger partial charge in [-0.1, -0.05) is 13.8 Å². The van der Waals surface area contributed by atoms with E-state index < -0.39 is 7.14 Å². The van der Waals surface area contributed by atoms with E-state index in [4.69, 9.17) is 5.11 Å². The number of hydrogen-bond donors (Lipinski definition) is 1. The maximum atomic E-state index is 11.8. The maximum Gasteiger partial charge on any atom is 0.0927 e. The lowest BCUT2D eigenvalue weighted by atomic mass is 10.3. The van der Waals surface area contributed by atoms with Gasteiger partial charge in [0.15, 0.2) is 0 Å². The molecule has 0 aromatic heterocycles. The third kappa shape index (κ3) is 1.43. The lowest BCUT2D eigenvalue weighted by Gasteiger charge is -2.14. The summed E-state index contributed by atoms with van der Waals surface area (Å²) in [5.41, 5.74) is 0.268. The first kappa shape index (κ1) is 8.29. The predicted octanol–water partition coefficient (Wildman–Crippen LogP) is 1.52. The van der Waals surface area contributed by atoms with E-state index in [2.05, 4.69) is 0 Å². The number of aliphatic hydroxyl groups is 1. The molecule has 0 aliphatic carbocycles. The molecule has 0 aromatic carbocycles. The molecular formula is C7H15O2P. The van der Waals surface area contributed by atoms with Crippen LogP contribution >= 0.6 is 7.14 Å². The highest BCUT2D eigenvalue weighted by Gasteiger charge is 2.35. The van der Waals surface area contributed by atoms with Crippen LogP contribution in [0.2, 0.25) is 0 Å². The second kappa shape index (κ2) is 2.67. The molecule has 60 valence electrons. The number of aliphatic hydroxyl groups excluding tert-OH is 1. The zero-order chi connectivity index (χ0) is 7.78. The zero-order valence-electron chi connectivity index (χ0n) is 6.58. The Kier molecular flexibility index (Phi) is 2.21. The molecule has 10 heavy (non-hydrogen) atoms. The Hall–Kier alpha value is 0.190.